The number of carbonyl (C=O) groups excluding carboxylic acids is 1. The molecule has 3 rings (SSSR count). The second-order valence-corrected chi connectivity index (χ2v) is 6.28. The summed E-state index contributed by atoms with van der Waals surface area (Å²) in [6.07, 6.45) is 2.81. The van der Waals surface area contributed by atoms with Gasteiger partial charge in [0.1, 0.15) is 5.82 Å². The fourth-order valence-corrected chi connectivity index (χ4v) is 2.94. The Bertz CT molecular complexity index is 868. The Hall–Kier alpha value is -2.40. The zero-order chi connectivity index (χ0) is 17.1. The highest BCUT2D eigenvalue weighted by molar-refractivity contribution is 6.31. The Labute approximate surface area is 145 Å². The van der Waals surface area contributed by atoms with Crippen molar-refractivity contribution in [2.24, 2.45) is 0 Å². The van der Waals surface area contributed by atoms with Crippen molar-refractivity contribution in [2.45, 2.75) is 26.7 Å². The first-order chi connectivity index (χ1) is 11.5. The number of aromatic nitrogens is 3. The number of nitrogens with one attached hydrogen (secondary N) is 2. The van der Waals surface area contributed by atoms with Crippen molar-refractivity contribution in [3.8, 4) is 0 Å². The van der Waals surface area contributed by atoms with Gasteiger partial charge in [0, 0.05) is 46.5 Å². The van der Waals surface area contributed by atoms with E-state index < -0.39 is 0 Å². The largest absolute Gasteiger partial charge is 0.361 e. The quantitative estimate of drug-likeness (QED) is 0.748. The summed E-state index contributed by atoms with van der Waals surface area (Å²) < 4.78 is 0. The highest BCUT2D eigenvalue weighted by Crippen LogP contribution is 2.22. The van der Waals surface area contributed by atoms with Gasteiger partial charge in [0.2, 0.25) is 5.91 Å². The smallest absolute Gasteiger partial charge is 0.224 e. The third-order valence-corrected chi connectivity index (χ3v) is 4.01. The van der Waals surface area contributed by atoms with Crippen LogP contribution in [0.15, 0.2) is 30.5 Å². The van der Waals surface area contributed by atoms with Gasteiger partial charge in [-0.1, -0.05) is 17.7 Å². The summed E-state index contributed by atoms with van der Waals surface area (Å²) >= 11 is 5.97. The van der Waals surface area contributed by atoms with E-state index in [4.69, 9.17) is 11.6 Å². The third-order valence-electron chi connectivity index (χ3n) is 3.78. The Morgan fingerprint density at radius 2 is 1.96 bits per heavy atom. The number of halogens is 1. The van der Waals surface area contributed by atoms with Crippen LogP contribution < -0.4 is 5.32 Å². The SMILES string of the molecule is Cc1cc(C)nc(CCNC(=O)Cc2c[nH]c3cc(Cl)ccc23)n1. The van der Waals surface area contributed by atoms with Gasteiger partial charge >= 0.3 is 0 Å². The van der Waals surface area contributed by atoms with Crippen molar-refractivity contribution < 1.29 is 4.79 Å². The molecular formula is C18H19ClN4O. The van der Waals surface area contributed by atoms with Crippen LogP contribution in [0.1, 0.15) is 22.8 Å². The maximum atomic E-state index is 12.2. The number of hydrogen-bond acceptors (Lipinski definition) is 3. The van der Waals surface area contributed by atoms with Gasteiger partial charge < -0.3 is 10.3 Å². The number of H-pyrrole nitrogens is 1. The minimum absolute atomic E-state index is 0.0183. The van der Waals surface area contributed by atoms with Gasteiger partial charge in [-0.05, 0) is 37.6 Å². The van der Waals surface area contributed by atoms with E-state index >= 15 is 0 Å². The number of carbonyl (C=O) groups is 1. The van der Waals surface area contributed by atoms with Crippen LogP contribution in [0.5, 0.6) is 0 Å². The molecule has 2 aromatic heterocycles. The molecular weight excluding hydrogens is 324 g/mol. The van der Waals surface area contributed by atoms with Crippen LogP contribution in [0.4, 0.5) is 0 Å². The fourth-order valence-electron chi connectivity index (χ4n) is 2.76. The van der Waals surface area contributed by atoms with Crippen LogP contribution in [0.2, 0.25) is 5.02 Å². The van der Waals surface area contributed by atoms with Gasteiger partial charge in [-0.25, -0.2) is 9.97 Å². The highest BCUT2D eigenvalue weighted by atomic mass is 35.5. The Balaban J connectivity index is 1.57. The molecule has 0 aliphatic carbocycles. The topological polar surface area (TPSA) is 70.7 Å². The van der Waals surface area contributed by atoms with E-state index in [9.17, 15) is 4.79 Å². The van der Waals surface area contributed by atoms with E-state index in [0.717, 1.165) is 33.7 Å². The lowest BCUT2D eigenvalue weighted by Gasteiger charge is -2.06. The van der Waals surface area contributed by atoms with Crippen molar-refractivity contribution in [1.29, 1.82) is 0 Å². The van der Waals surface area contributed by atoms with Gasteiger partial charge in [0.25, 0.3) is 0 Å². The van der Waals surface area contributed by atoms with Gasteiger partial charge in [0.05, 0.1) is 6.42 Å². The first-order valence-corrected chi connectivity index (χ1v) is 8.22. The third kappa shape index (κ3) is 3.92. The second-order valence-electron chi connectivity index (χ2n) is 5.85. The first kappa shape index (κ1) is 16.5. The lowest BCUT2D eigenvalue weighted by atomic mass is 10.1. The van der Waals surface area contributed by atoms with Crippen LogP contribution >= 0.6 is 11.6 Å². The zero-order valence-corrected chi connectivity index (χ0v) is 14.4. The Kier molecular flexibility index (Phi) is 4.81. The van der Waals surface area contributed by atoms with Crippen molar-refractivity contribution >= 4 is 28.4 Å². The molecule has 2 N–H and O–H groups in total. The average Bonchev–Trinajstić information content (AvgIpc) is 2.88. The van der Waals surface area contributed by atoms with Crippen molar-refractivity contribution in [1.82, 2.24) is 20.3 Å². The molecule has 0 fully saturated rings. The summed E-state index contributed by atoms with van der Waals surface area (Å²) in [6, 6.07) is 7.55. The molecule has 0 bridgehead atoms. The van der Waals surface area contributed by atoms with Gasteiger partial charge in [-0.15, -0.1) is 0 Å². The number of nitrogens with zero attached hydrogens (tertiary/aromatic N) is 2. The molecule has 1 amide bonds. The molecule has 0 saturated heterocycles. The summed E-state index contributed by atoms with van der Waals surface area (Å²) in [7, 11) is 0. The molecule has 0 aliphatic heterocycles. The Morgan fingerprint density at radius 1 is 1.21 bits per heavy atom. The Morgan fingerprint density at radius 3 is 2.71 bits per heavy atom. The van der Waals surface area contributed by atoms with Crippen LogP contribution in [-0.2, 0) is 17.6 Å². The monoisotopic (exact) mass is 342 g/mol. The molecule has 0 radical (unpaired) electrons. The summed E-state index contributed by atoms with van der Waals surface area (Å²) in [5, 5.41) is 4.62. The average molecular weight is 343 g/mol. The molecule has 6 heteroatoms. The van der Waals surface area contributed by atoms with Crippen LogP contribution in [0, 0.1) is 13.8 Å². The number of benzene rings is 1. The van der Waals surface area contributed by atoms with E-state index in [1.807, 2.05) is 44.3 Å². The number of rotatable bonds is 5. The second kappa shape index (κ2) is 7.01. The standard InChI is InChI=1S/C18H19ClN4O/c1-11-7-12(2)23-17(22-11)5-6-20-18(24)8-13-10-21-16-9-14(19)3-4-15(13)16/h3-4,7,9-10,21H,5-6,8H2,1-2H3,(H,20,24). The summed E-state index contributed by atoms with van der Waals surface area (Å²) in [5.41, 5.74) is 3.79. The van der Waals surface area contributed by atoms with Gasteiger partial charge in [0.15, 0.2) is 0 Å². The predicted molar refractivity (Wildman–Crippen MR) is 95.2 cm³/mol. The molecule has 0 aliphatic rings. The maximum absolute atomic E-state index is 12.2. The molecule has 124 valence electrons. The molecule has 0 atom stereocenters. The normalized spacial score (nSPS) is 11.0. The summed E-state index contributed by atoms with van der Waals surface area (Å²) in [4.78, 5) is 24.0. The molecule has 5 nitrogen and oxygen atoms in total. The minimum Gasteiger partial charge on any atom is -0.361 e. The number of aryl methyl sites for hydroxylation is 2. The molecule has 3 aromatic rings. The van der Waals surface area contributed by atoms with E-state index in [2.05, 4.69) is 20.3 Å². The lowest BCUT2D eigenvalue weighted by Crippen LogP contribution is -2.27. The van der Waals surface area contributed by atoms with E-state index in [-0.39, 0.29) is 5.91 Å². The van der Waals surface area contributed by atoms with Crippen molar-refractivity contribution in [3.63, 3.8) is 0 Å². The molecule has 0 unspecified atom stereocenters. The maximum Gasteiger partial charge on any atom is 0.224 e. The highest BCUT2D eigenvalue weighted by Gasteiger charge is 2.09. The van der Waals surface area contributed by atoms with Gasteiger partial charge in [-0.3, -0.25) is 4.79 Å². The molecule has 2 heterocycles. The number of hydrogen-bond donors (Lipinski definition) is 2. The molecule has 0 saturated carbocycles. The van der Waals surface area contributed by atoms with Crippen molar-refractivity contribution in [2.75, 3.05) is 6.54 Å². The fraction of sp³-hybridized carbons (Fsp3) is 0.278. The number of amides is 1. The van der Waals surface area contributed by atoms with E-state index in [0.29, 0.717) is 24.4 Å². The van der Waals surface area contributed by atoms with Gasteiger partial charge in [-0.2, -0.15) is 0 Å². The minimum atomic E-state index is -0.0183. The van der Waals surface area contributed by atoms with E-state index in [1.54, 1.807) is 0 Å². The van der Waals surface area contributed by atoms with E-state index in [1.165, 1.54) is 0 Å². The van der Waals surface area contributed by atoms with Crippen LogP contribution in [0.25, 0.3) is 10.9 Å². The molecule has 24 heavy (non-hydrogen) atoms. The van der Waals surface area contributed by atoms with Crippen molar-refractivity contribution in [3.05, 3.63) is 58.3 Å². The summed E-state index contributed by atoms with van der Waals surface area (Å²) in [6.45, 7) is 4.41. The van der Waals surface area contributed by atoms with Crippen LogP contribution in [0.3, 0.4) is 0 Å². The first-order valence-electron chi connectivity index (χ1n) is 7.84. The predicted octanol–water partition coefficient (Wildman–Crippen LogP) is 3.13. The molecule has 0 spiro atoms. The number of fused-ring (bicyclic) bond motifs is 1. The number of aromatic amines is 1. The zero-order valence-electron chi connectivity index (χ0n) is 13.7. The summed E-state index contributed by atoms with van der Waals surface area (Å²) in [5.74, 6) is 0.741. The lowest BCUT2D eigenvalue weighted by molar-refractivity contribution is -0.120. The molecule has 1 aromatic carbocycles. The van der Waals surface area contributed by atoms with Crippen LogP contribution in [-0.4, -0.2) is 27.4 Å².